The lowest BCUT2D eigenvalue weighted by Gasteiger charge is -2.30. The van der Waals surface area contributed by atoms with Crippen molar-refractivity contribution in [2.75, 3.05) is 19.6 Å². The van der Waals surface area contributed by atoms with Gasteiger partial charge in [0.2, 0.25) is 5.91 Å². The van der Waals surface area contributed by atoms with Crippen molar-refractivity contribution >= 4 is 18.5 Å². The van der Waals surface area contributed by atoms with Crippen molar-refractivity contribution < 1.29 is 9.90 Å². The Balaban J connectivity index is 2.02. The molecule has 1 amide bonds. The quantitative estimate of drug-likeness (QED) is 0.530. The Morgan fingerprint density at radius 1 is 1.44 bits per heavy atom. The molecule has 1 aromatic rings. The Hall–Kier alpha value is -1.24. The fourth-order valence-electron chi connectivity index (χ4n) is 3.13. The van der Waals surface area contributed by atoms with Crippen LogP contribution < -0.4 is 11.1 Å². The second-order valence-electron chi connectivity index (χ2n) is 7.11. The zero-order chi connectivity index (χ0) is 18.4. The van der Waals surface area contributed by atoms with E-state index in [1.807, 2.05) is 24.0 Å². The highest BCUT2D eigenvalue weighted by Gasteiger charge is 2.29. The first kappa shape index (κ1) is 20.1. The van der Waals surface area contributed by atoms with Gasteiger partial charge in [-0.25, -0.2) is 0 Å². The van der Waals surface area contributed by atoms with Crippen molar-refractivity contribution in [3.63, 3.8) is 0 Å². The molecule has 0 saturated carbocycles. The Bertz CT molecular complexity index is 552. The van der Waals surface area contributed by atoms with Gasteiger partial charge < -0.3 is 21.1 Å². The smallest absolute Gasteiger partial charge is 0.239 e. The number of hydrogen-bond donors (Lipinski definition) is 4. The Kier molecular flexibility index (Phi) is 7.59. The first-order chi connectivity index (χ1) is 11.9. The van der Waals surface area contributed by atoms with Crippen LogP contribution in [-0.4, -0.2) is 52.9 Å². The molecule has 1 aromatic carbocycles. The average Bonchev–Trinajstić information content (AvgIpc) is 3.02. The molecule has 6 heteroatoms. The van der Waals surface area contributed by atoms with E-state index in [0.717, 1.165) is 31.4 Å². The van der Waals surface area contributed by atoms with Crippen molar-refractivity contribution in [1.82, 2.24) is 10.2 Å². The predicted octanol–water partition coefficient (Wildman–Crippen LogP) is 1.80. The number of phenolic OH excluding ortho intramolecular Hbond substituents is 1. The number of nitrogens with two attached hydrogens (primary N) is 1. The molecule has 0 radical (unpaired) electrons. The van der Waals surface area contributed by atoms with Gasteiger partial charge in [0.25, 0.3) is 0 Å². The molecule has 1 fully saturated rings. The Morgan fingerprint density at radius 2 is 2.12 bits per heavy atom. The highest BCUT2D eigenvalue weighted by Crippen LogP contribution is 2.16. The highest BCUT2D eigenvalue weighted by atomic mass is 32.1. The third kappa shape index (κ3) is 5.90. The summed E-state index contributed by atoms with van der Waals surface area (Å²) >= 11 is 4.52. The SMILES string of the molecule is CC[C@H](C)[C@H](N)C(=O)N(CCc1ccc(O)cc1)C[C@H]1C[C@@H](S)CN1. The summed E-state index contributed by atoms with van der Waals surface area (Å²) in [6, 6.07) is 6.95. The molecule has 0 aromatic heterocycles. The van der Waals surface area contributed by atoms with E-state index >= 15 is 0 Å². The van der Waals surface area contributed by atoms with Crippen LogP contribution in [-0.2, 0) is 11.2 Å². The van der Waals surface area contributed by atoms with Crippen LogP contribution in [0.4, 0.5) is 0 Å². The van der Waals surface area contributed by atoms with E-state index in [9.17, 15) is 9.90 Å². The summed E-state index contributed by atoms with van der Waals surface area (Å²) in [6.07, 6.45) is 2.60. The molecule has 0 aliphatic carbocycles. The maximum Gasteiger partial charge on any atom is 0.239 e. The van der Waals surface area contributed by atoms with Gasteiger partial charge in [-0.3, -0.25) is 4.79 Å². The minimum absolute atomic E-state index is 0.0255. The third-order valence-corrected chi connectivity index (χ3v) is 5.49. The molecule has 4 atom stereocenters. The van der Waals surface area contributed by atoms with Crippen LogP contribution in [0.5, 0.6) is 5.75 Å². The number of rotatable bonds is 8. The van der Waals surface area contributed by atoms with Crippen molar-refractivity contribution in [3.8, 4) is 5.75 Å². The van der Waals surface area contributed by atoms with Gasteiger partial charge in [0.15, 0.2) is 0 Å². The number of amides is 1. The summed E-state index contributed by atoms with van der Waals surface area (Å²) in [5.41, 5.74) is 7.30. The van der Waals surface area contributed by atoms with Gasteiger partial charge in [-0.2, -0.15) is 12.6 Å². The first-order valence-electron chi connectivity index (χ1n) is 9.14. The molecule has 25 heavy (non-hydrogen) atoms. The van der Waals surface area contributed by atoms with Gasteiger partial charge >= 0.3 is 0 Å². The lowest BCUT2D eigenvalue weighted by atomic mass is 9.98. The van der Waals surface area contributed by atoms with Crippen LogP contribution in [0.3, 0.4) is 0 Å². The number of carbonyl (C=O) groups excluding carboxylic acids is 1. The van der Waals surface area contributed by atoms with Crippen LogP contribution in [0.2, 0.25) is 0 Å². The average molecular weight is 366 g/mol. The Morgan fingerprint density at radius 3 is 2.68 bits per heavy atom. The molecule has 4 N–H and O–H groups in total. The molecular weight excluding hydrogens is 334 g/mol. The van der Waals surface area contributed by atoms with Crippen molar-refractivity contribution in [2.45, 2.75) is 50.4 Å². The zero-order valence-electron chi connectivity index (χ0n) is 15.2. The molecule has 5 nitrogen and oxygen atoms in total. The van der Waals surface area contributed by atoms with Gasteiger partial charge in [-0.05, 0) is 36.5 Å². The lowest BCUT2D eigenvalue weighted by Crippen LogP contribution is -2.51. The molecule has 0 unspecified atom stereocenters. The largest absolute Gasteiger partial charge is 0.508 e. The topological polar surface area (TPSA) is 78.6 Å². The van der Waals surface area contributed by atoms with Crippen LogP contribution in [0.1, 0.15) is 32.3 Å². The second kappa shape index (κ2) is 9.46. The van der Waals surface area contributed by atoms with E-state index in [1.54, 1.807) is 12.1 Å². The summed E-state index contributed by atoms with van der Waals surface area (Å²) in [7, 11) is 0. The second-order valence-corrected chi connectivity index (χ2v) is 7.84. The number of nitrogens with one attached hydrogen (secondary N) is 1. The molecule has 140 valence electrons. The number of aromatic hydroxyl groups is 1. The maximum atomic E-state index is 12.9. The number of nitrogens with zero attached hydrogens (tertiary/aromatic N) is 1. The third-order valence-electron chi connectivity index (χ3n) is 5.10. The minimum atomic E-state index is -0.460. The van der Waals surface area contributed by atoms with Crippen LogP contribution in [0, 0.1) is 5.92 Å². The molecule has 1 saturated heterocycles. The summed E-state index contributed by atoms with van der Waals surface area (Å²) < 4.78 is 0. The molecule has 1 aliphatic heterocycles. The van der Waals surface area contributed by atoms with E-state index < -0.39 is 6.04 Å². The van der Waals surface area contributed by atoms with E-state index in [0.29, 0.717) is 18.3 Å². The van der Waals surface area contributed by atoms with E-state index in [4.69, 9.17) is 5.73 Å². The summed E-state index contributed by atoms with van der Waals surface area (Å²) in [4.78, 5) is 14.8. The summed E-state index contributed by atoms with van der Waals surface area (Å²) in [5.74, 6) is 0.445. The number of phenols is 1. The van der Waals surface area contributed by atoms with Crippen molar-refractivity contribution in [1.29, 1.82) is 0 Å². The number of benzene rings is 1. The number of hydrogen-bond acceptors (Lipinski definition) is 5. The molecular formula is C19H31N3O2S. The minimum Gasteiger partial charge on any atom is -0.508 e. The van der Waals surface area contributed by atoms with Crippen molar-refractivity contribution in [3.05, 3.63) is 29.8 Å². The van der Waals surface area contributed by atoms with Crippen molar-refractivity contribution in [2.24, 2.45) is 11.7 Å². The zero-order valence-corrected chi connectivity index (χ0v) is 16.1. The van der Waals surface area contributed by atoms with Crippen LogP contribution in [0.25, 0.3) is 0 Å². The first-order valence-corrected chi connectivity index (χ1v) is 9.66. The van der Waals surface area contributed by atoms with Crippen LogP contribution >= 0.6 is 12.6 Å². The van der Waals surface area contributed by atoms with Gasteiger partial charge in [0.05, 0.1) is 6.04 Å². The van der Waals surface area contributed by atoms with E-state index in [-0.39, 0.29) is 23.6 Å². The van der Waals surface area contributed by atoms with Gasteiger partial charge in [-0.1, -0.05) is 32.4 Å². The normalized spacial score (nSPS) is 22.6. The summed E-state index contributed by atoms with van der Waals surface area (Å²) in [6.45, 7) is 6.26. The number of thiol groups is 1. The standard InChI is InChI=1S/C19H31N3O2S/c1-3-13(2)18(20)19(24)22(12-15-10-17(25)11-21-15)9-8-14-4-6-16(23)7-5-14/h4-7,13,15,17-18,21,23,25H,3,8-12,20H2,1-2H3/t13-,15+,17+,18-/m0/s1. The lowest BCUT2D eigenvalue weighted by molar-refractivity contribution is -0.134. The van der Waals surface area contributed by atoms with Gasteiger partial charge in [0.1, 0.15) is 5.75 Å². The molecule has 0 bridgehead atoms. The molecule has 2 rings (SSSR count). The van der Waals surface area contributed by atoms with Gasteiger partial charge in [-0.15, -0.1) is 0 Å². The van der Waals surface area contributed by atoms with E-state index in [1.165, 1.54) is 0 Å². The molecule has 1 heterocycles. The fraction of sp³-hybridized carbons (Fsp3) is 0.632. The Labute approximate surface area is 156 Å². The predicted molar refractivity (Wildman–Crippen MR) is 105 cm³/mol. The van der Waals surface area contributed by atoms with E-state index in [2.05, 4.69) is 24.9 Å². The number of carbonyl (C=O) groups is 1. The highest BCUT2D eigenvalue weighted by molar-refractivity contribution is 7.81. The molecule has 0 spiro atoms. The summed E-state index contributed by atoms with van der Waals surface area (Å²) in [5, 5.41) is 13.2. The maximum absolute atomic E-state index is 12.9. The van der Waals surface area contributed by atoms with Crippen LogP contribution in [0.15, 0.2) is 24.3 Å². The van der Waals surface area contributed by atoms with Gasteiger partial charge in [0, 0.05) is 30.9 Å². The molecule has 1 aliphatic rings. The fourth-order valence-corrected chi connectivity index (χ4v) is 3.49. The monoisotopic (exact) mass is 365 g/mol.